The molecule has 5 nitrogen and oxygen atoms in total. The van der Waals surface area contributed by atoms with Crippen LogP contribution in [0.2, 0.25) is 0 Å². The molecule has 0 aromatic rings. The van der Waals surface area contributed by atoms with E-state index in [1.807, 2.05) is 0 Å². The number of nitrogens with zero attached hydrogens (tertiary/aromatic N) is 2. The fraction of sp³-hybridized carbons (Fsp3) is 0.556. The molecule has 0 bridgehead atoms. The SMILES string of the molecule is CC(C)(C)OC(=O)N1C=C(Br)C=NC1N. The number of carbonyl (C=O) groups is 1. The van der Waals surface area contributed by atoms with Gasteiger partial charge in [-0.05, 0) is 36.7 Å². The molecule has 1 aliphatic rings. The predicted molar refractivity (Wildman–Crippen MR) is 61.6 cm³/mol. The molecule has 0 saturated heterocycles. The highest BCUT2D eigenvalue weighted by molar-refractivity contribution is 9.12. The normalized spacial score (nSPS) is 21.3. The van der Waals surface area contributed by atoms with E-state index in [1.54, 1.807) is 33.2 Å². The number of rotatable bonds is 0. The maximum Gasteiger partial charge on any atom is 0.417 e. The van der Waals surface area contributed by atoms with Crippen LogP contribution in [-0.4, -0.2) is 29.1 Å². The largest absolute Gasteiger partial charge is 0.443 e. The molecule has 0 saturated carbocycles. The first-order chi connectivity index (χ1) is 6.79. The summed E-state index contributed by atoms with van der Waals surface area (Å²) in [5, 5.41) is 0. The van der Waals surface area contributed by atoms with Crippen molar-refractivity contribution in [3.05, 3.63) is 10.7 Å². The van der Waals surface area contributed by atoms with Crippen LogP contribution in [0, 0.1) is 0 Å². The van der Waals surface area contributed by atoms with Crippen LogP contribution in [-0.2, 0) is 4.74 Å². The monoisotopic (exact) mass is 275 g/mol. The molecule has 84 valence electrons. The zero-order valence-corrected chi connectivity index (χ0v) is 10.5. The molecule has 15 heavy (non-hydrogen) atoms. The third-order valence-electron chi connectivity index (χ3n) is 1.50. The number of ether oxygens (including phenoxy) is 1. The van der Waals surface area contributed by atoms with Gasteiger partial charge in [-0.25, -0.2) is 9.69 Å². The number of carbonyl (C=O) groups excluding carboxylic acids is 1. The fourth-order valence-electron chi connectivity index (χ4n) is 0.937. The van der Waals surface area contributed by atoms with E-state index < -0.39 is 18.0 Å². The zero-order valence-electron chi connectivity index (χ0n) is 8.90. The Kier molecular flexibility index (Phi) is 3.51. The summed E-state index contributed by atoms with van der Waals surface area (Å²) in [6.45, 7) is 5.38. The molecule has 2 N–H and O–H groups in total. The van der Waals surface area contributed by atoms with E-state index >= 15 is 0 Å². The lowest BCUT2D eigenvalue weighted by Gasteiger charge is -2.28. The van der Waals surface area contributed by atoms with E-state index in [0.29, 0.717) is 4.48 Å². The maximum absolute atomic E-state index is 11.7. The second-order valence-corrected chi connectivity index (χ2v) is 5.01. The molecule has 0 aliphatic carbocycles. The Morgan fingerprint density at radius 3 is 2.80 bits per heavy atom. The fourth-order valence-corrected chi connectivity index (χ4v) is 1.28. The van der Waals surface area contributed by atoms with Crippen LogP contribution < -0.4 is 5.73 Å². The van der Waals surface area contributed by atoms with Gasteiger partial charge >= 0.3 is 6.09 Å². The van der Waals surface area contributed by atoms with Crippen molar-refractivity contribution in [3.63, 3.8) is 0 Å². The molecule has 0 fully saturated rings. The minimum atomic E-state index is -0.721. The minimum Gasteiger partial charge on any atom is -0.443 e. The van der Waals surface area contributed by atoms with Crippen molar-refractivity contribution in [2.45, 2.75) is 32.7 Å². The number of allylic oxidation sites excluding steroid dienone is 1. The Labute approximate surface area is 97.1 Å². The summed E-state index contributed by atoms with van der Waals surface area (Å²) >= 11 is 3.21. The van der Waals surface area contributed by atoms with E-state index in [0.717, 1.165) is 0 Å². The van der Waals surface area contributed by atoms with E-state index in [2.05, 4.69) is 20.9 Å². The molecule has 6 heteroatoms. The maximum atomic E-state index is 11.7. The van der Waals surface area contributed by atoms with Crippen molar-refractivity contribution in [2.75, 3.05) is 0 Å². The second-order valence-electron chi connectivity index (χ2n) is 4.09. The van der Waals surface area contributed by atoms with Crippen LogP contribution in [0.5, 0.6) is 0 Å². The van der Waals surface area contributed by atoms with Crippen molar-refractivity contribution < 1.29 is 9.53 Å². The number of aliphatic imine (C=N–C) groups is 1. The summed E-state index contributed by atoms with van der Waals surface area (Å²) in [6, 6.07) is 0. The van der Waals surface area contributed by atoms with Gasteiger partial charge in [0.25, 0.3) is 0 Å². The molecule has 1 heterocycles. The van der Waals surface area contributed by atoms with Gasteiger partial charge in [-0.2, -0.15) is 0 Å². The Morgan fingerprint density at radius 1 is 1.67 bits per heavy atom. The predicted octanol–water partition coefficient (Wildman–Crippen LogP) is 1.79. The summed E-state index contributed by atoms with van der Waals surface area (Å²) in [6.07, 6.45) is 1.86. The van der Waals surface area contributed by atoms with E-state index in [-0.39, 0.29) is 0 Å². The van der Waals surface area contributed by atoms with Gasteiger partial charge in [-0.15, -0.1) is 0 Å². The highest BCUT2D eigenvalue weighted by atomic mass is 79.9. The quantitative estimate of drug-likeness (QED) is 0.733. The number of hydrogen-bond acceptors (Lipinski definition) is 4. The van der Waals surface area contributed by atoms with Gasteiger partial charge in [0.1, 0.15) is 5.60 Å². The van der Waals surface area contributed by atoms with Crippen molar-refractivity contribution >= 4 is 28.2 Å². The van der Waals surface area contributed by atoms with Gasteiger partial charge in [-0.1, -0.05) is 0 Å². The first-order valence-electron chi connectivity index (χ1n) is 4.47. The van der Waals surface area contributed by atoms with Gasteiger partial charge in [0.2, 0.25) is 0 Å². The molecule has 1 rings (SSSR count). The molecular formula is C9H14BrN3O2. The Morgan fingerprint density at radius 2 is 2.27 bits per heavy atom. The number of amides is 1. The number of nitrogens with two attached hydrogens (primary N) is 1. The number of hydrogen-bond donors (Lipinski definition) is 1. The molecular weight excluding hydrogens is 262 g/mol. The van der Waals surface area contributed by atoms with Crippen LogP contribution in [0.1, 0.15) is 20.8 Å². The molecule has 1 atom stereocenters. The Bertz CT molecular complexity index is 320. The highest BCUT2D eigenvalue weighted by Gasteiger charge is 2.26. The minimum absolute atomic E-state index is 0.510. The van der Waals surface area contributed by atoms with Crippen LogP contribution in [0.3, 0.4) is 0 Å². The second kappa shape index (κ2) is 4.32. The van der Waals surface area contributed by atoms with Gasteiger partial charge < -0.3 is 4.74 Å². The highest BCUT2D eigenvalue weighted by Crippen LogP contribution is 2.16. The topological polar surface area (TPSA) is 67.9 Å². The summed E-state index contributed by atoms with van der Waals surface area (Å²) in [5.74, 6) is 0. The Hall–Kier alpha value is -0.880. The van der Waals surface area contributed by atoms with Crippen LogP contribution in [0.15, 0.2) is 15.7 Å². The van der Waals surface area contributed by atoms with E-state index in [4.69, 9.17) is 10.5 Å². The third-order valence-corrected chi connectivity index (χ3v) is 1.91. The smallest absolute Gasteiger partial charge is 0.417 e. The van der Waals surface area contributed by atoms with Crippen LogP contribution in [0.25, 0.3) is 0 Å². The van der Waals surface area contributed by atoms with Gasteiger partial charge in [0.05, 0.1) is 4.48 Å². The summed E-state index contributed by atoms with van der Waals surface area (Å²) in [4.78, 5) is 16.8. The molecule has 0 aromatic heterocycles. The third kappa shape index (κ3) is 3.64. The zero-order chi connectivity index (χ0) is 11.6. The van der Waals surface area contributed by atoms with Crippen LogP contribution in [0.4, 0.5) is 4.79 Å². The average molecular weight is 276 g/mol. The standard InChI is InChI=1S/C9H14BrN3O2/c1-9(2,3)15-8(14)13-5-6(10)4-12-7(13)11/h4-5,7H,11H2,1-3H3. The van der Waals surface area contributed by atoms with Gasteiger partial charge in [0.15, 0.2) is 6.29 Å². The summed E-state index contributed by atoms with van der Waals surface area (Å²) < 4.78 is 5.84. The van der Waals surface area contributed by atoms with Crippen molar-refractivity contribution in [3.8, 4) is 0 Å². The van der Waals surface area contributed by atoms with Crippen molar-refractivity contribution in [1.29, 1.82) is 0 Å². The van der Waals surface area contributed by atoms with Gasteiger partial charge in [0, 0.05) is 12.4 Å². The number of halogens is 1. The summed E-state index contributed by atoms with van der Waals surface area (Å²) in [7, 11) is 0. The van der Waals surface area contributed by atoms with Gasteiger partial charge in [-0.3, -0.25) is 10.7 Å². The lowest BCUT2D eigenvalue weighted by molar-refractivity contribution is 0.0276. The molecule has 0 radical (unpaired) electrons. The molecule has 1 unspecified atom stereocenters. The van der Waals surface area contributed by atoms with Crippen molar-refractivity contribution in [2.24, 2.45) is 10.7 Å². The lowest BCUT2D eigenvalue weighted by Crippen LogP contribution is -2.45. The lowest BCUT2D eigenvalue weighted by atomic mass is 10.2. The first kappa shape index (κ1) is 12.2. The molecule has 0 spiro atoms. The van der Waals surface area contributed by atoms with Crippen LogP contribution >= 0.6 is 15.9 Å². The van der Waals surface area contributed by atoms with E-state index in [9.17, 15) is 4.79 Å². The molecule has 1 aliphatic heterocycles. The summed E-state index contributed by atoms with van der Waals surface area (Å²) in [5.41, 5.74) is 5.08. The Balaban J connectivity index is 2.72. The van der Waals surface area contributed by atoms with E-state index in [1.165, 1.54) is 4.90 Å². The first-order valence-corrected chi connectivity index (χ1v) is 5.26. The van der Waals surface area contributed by atoms with Crippen molar-refractivity contribution in [1.82, 2.24) is 4.90 Å². The molecule has 0 aromatic carbocycles. The average Bonchev–Trinajstić information content (AvgIpc) is 2.06. The molecule has 1 amide bonds.